The first-order valence-corrected chi connectivity index (χ1v) is 7.92. The second-order valence-corrected chi connectivity index (χ2v) is 6.64. The van der Waals surface area contributed by atoms with Gasteiger partial charge in [-0.1, -0.05) is 6.07 Å². The van der Waals surface area contributed by atoms with Crippen molar-refractivity contribution in [3.05, 3.63) is 52.5 Å². The van der Waals surface area contributed by atoms with E-state index >= 15 is 0 Å². The summed E-state index contributed by atoms with van der Waals surface area (Å²) in [5.41, 5.74) is 0.0172. The number of carboxylic acids is 1. The molecule has 0 aliphatic carbocycles. The molecule has 110 valence electrons. The van der Waals surface area contributed by atoms with Crippen molar-refractivity contribution in [2.24, 2.45) is 0 Å². The molecule has 0 radical (unpaired) electrons. The van der Waals surface area contributed by atoms with E-state index in [1.165, 1.54) is 36.4 Å². The van der Waals surface area contributed by atoms with Crippen LogP contribution in [0.2, 0.25) is 0 Å². The first kappa shape index (κ1) is 15.3. The quantitative estimate of drug-likeness (QED) is 0.766. The van der Waals surface area contributed by atoms with Crippen molar-refractivity contribution >= 4 is 37.6 Å². The van der Waals surface area contributed by atoms with Crippen molar-refractivity contribution in [2.45, 2.75) is 4.90 Å². The fraction of sp³-hybridized carbons (Fsp3) is 0. The molecule has 0 bridgehead atoms. The molecule has 0 amide bonds. The highest BCUT2D eigenvalue weighted by Crippen LogP contribution is 2.24. The Labute approximate surface area is 129 Å². The van der Waals surface area contributed by atoms with Gasteiger partial charge in [0.1, 0.15) is 5.75 Å². The largest absolute Gasteiger partial charge is 0.508 e. The number of carboxylic acid groups (broad SMARTS) is 1. The Bertz CT molecular complexity index is 804. The standard InChI is InChI=1S/C13H10BrNO5S/c14-12-5-4-10(7-11(12)13(17)18)21(19,20)15-8-2-1-3-9(16)6-8/h1-7,15-16H,(H,17,18). The zero-order valence-corrected chi connectivity index (χ0v) is 12.8. The summed E-state index contributed by atoms with van der Waals surface area (Å²) in [6, 6.07) is 9.28. The van der Waals surface area contributed by atoms with Crippen LogP contribution in [-0.2, 0) is 10.0 Å². The third kappa shape index (κ3) is 3.53. The van der Waals surface area contributed by atoms with E-state index in [1.807, 2.05) is 0 Å². The number of anilines is 1. The van der Waals surface area contributed by atoms with Gasteiger partial charge in [-0.05, 0) is 46.3 Å². The van der Waals surface area contributed by atoms with Crippen LogP contribution in [0, 0.1) is 0 Å². The van der Waals surface area contributed by atoms with E-state index in [0.717, 1.165) is 6.07 Å². The summed E-state index contributed by atoms with van der Waals surface area (Å²) in [7, 11) is -3.95. The first-order valence-electron chi connectivity index (χ1n) is 5.64. The van der Waals surface area contributed by atoms with Crippen molar-refractivity contribution in [1.29, 1.82) is 0 Å². The third-order valence-electron chi connectivity index (χ3n) is 2.58. The lowest BCUT2D eigenvalue weighted by atomic mass is 10.2. The minimum atomic E-state index is -3.95. The number of benzene rings is 2. The number of halogens is 1. The Morgan fingerprint density at radius 3 is 2.48 bits per heavy atom. The summed E-state index contributed by atoms with van der Waals surface area (Å²) in [6.07, 6.45) is 0. The number of phenolic OH excluding ortho intramolecular Hbond substituents is 1. The summed E-state index contributed by atoms with van der Waals surface area (Å²) in [5, 5.41) is 18.3. The minimum absolute atomic E-state index is 0.0859. The lowest BCUT2D eigenvalue weighted by Gasteiger charge is -2.09. The molecule has 0 unspecified atom stereocenters. The van der Waals surface area contributed by atoms with E-state index in [-0.39, 0.29) is 26.4 Å². The summed E-state index contributed by atoms with van der Waals surface area (Å²) >= 11 is 3.05. The molecule has 0 spiro atoms. The number of phenols is 1. The van der Waals surface area contributed by atoms with E-state index in [0.29, 0.717) is 0 Å². The van der Waals surface area contributed by atoms with Crippen LogP contribution in [0.5, 0.6) is 5.75 Å². The first-order chi connectivity index (χ1) is 9.79. The van der Waals surface area contributed by atoms with Crippen molar-refractivity contribution < 1.29 is 23.4 Å². The Morgan fingerprint density at radius 2 is 1.86 bits per heavy atom. The summed E-state index contributed by atoms with van der Waals surface area (Å²) in [6.45, 7) is 0. The average Bonchev–Trinajstić information content (AvgIpc) is 2.38. The Morgan fingerprint density at radius 1 is 1.14 bits per heavy atom. The van der Waals surface area contributed by atoms with Gasteiger partial charge in [-0.15, -0.1) is 0 Å². The second kappa shape index (κ2) is 5.74. The minimum Gasteiger partial charge on any atom is -0.508 e. The molecule has 2 aromatic carbocycles. The predicted octanol–water partition coefficient (Wildman–Crippen LogP) is 2.65. The van der Waals surface area contributed by atoms with E-state index < -0.39 is 16.0 Å². The summed E-state index contributed by atoms with van der Waals surface area (Å²) in [4.78, 5) is 10.8. The average molecular weight is 372 g/mol. The lowest BCUT2D eigenvalue weighted by Crippen LogP contribution is -2.14. The van der Waals surface area contributed by atoms with Crippen LogP contribution in [0.25, 0.3) is 0 Å². The van der Waals surface area contributed by atoms with Crippen LogP contribution in [0.1, 0.15) is 10.4 Å². The fourth-order valence-electron chi connectivity index (χ4n) is 1.62. The maximum atomic E-state index is 12.2. The van der Waals surface area contributed by atoms with Crippen molar-refractivity contribution in [1.82, 2.24) is 0 Å². The highest BCUT2D eigenvalue weighted by atomic mass is 79.9. The molecule has 2 rings (SSSR count). The van der Waals surface area contributed by atoms with Gasteiger partial charge in [0.05, 0.1) is 16.1 Å². The molecule has 0 saturated carbocycles. The number of nitrogens with one attached hydrogen (secondary N) is 1. The van der Waals surface area contributed by atoms with Crippen molar-refractivity contribution in [3.63, 3.8) is 0 Å². The maximum Gasteiger partial charge on any atom is 0.336 e. The number of hydrogen-bond donors (Lipinski definition) is 3. The van der Waals surface area contributed by atoms with E-state index in [4.69, 9.17) is 5.11 Å². The molecule has 0 aromatic heterocycles. The lowest BCUT2D eigenvalue weighted by molar-refractivity contribution is 0.0695. The van der Waals surface area contributed by atoms with Crippen molar-refractivity contribution in [3.8, 4) is 5.75 Å². The zero-order chi connectivity index (χ0) is 15.6. The van der Waals surface area contributed by atoms with Gasteiger partial charge in [-0.3, -0.25) is 4.72 Å². The summed E-state index contributed by atoms with van der Waals surface area (Å²) in [5.74, 6) is -1.33. The highest BCUT2D eigenvalue weighted by molar-refractivity contribution is 9.10. The Balaban J connectivity index is 2.40. The van der Waals surface area contributed by atoms with Gasteiger partial charge in [0, 0.05) is 10.5 Å². The van der Waals surface area contributed by atoms with Gasteiger partial charge in [0.15, 0.2) is 0 Å². The van der Waals surface area contributed by atoms with Crippen LogP contribution in [0.4, 0.5) is 5.69 Å². The molecule has 0 fully saturated rings. The van der Waals surface area contributed by atoms with Crippen LogP contribution < -0.4 is 4.72 Å². The molecule has 0 aliphatic rings. The van der Waals surface area contributed by atoms with Crippen molar-refractivity contribution in [2.75, 3.05) is 4.72 Å². The highest BCUT2D eigenvalue weighted by Gasteiger charge is 2.18. The maximum absolute atomic E-state index is 12.2. The zero-order valence-electron chi connectivity index (χ0n) is 10.4. The third-order valence-corrected chi connectivity index (χ3v) is 4.65. The fourth-order valence-corrected chi connectivity index (χ4v) is 3.11. The van der Waals surface area contributed by atoms with Gasteiger partial charge in [-0.2, -0.15) is 0 Å². The second-order valence-electron chi connectivity index (χ2n) is 4.10. The summed E-state index contributed by atoms with van der Waals surface area (Å²) < 4.78 is 26.9. The normalized spacial score (nSPS) is 11.1. The van der Waals surface area contributed by atoms with Gasteiger partial charge >= 0.3 is 5.97 Å². The number of aromatic hydroxyl groups is 1. The Kier molecular flexibility index (Phi) is 4.19. The molecule has 3 N–H and O–H groups in total. The monoisotopic (exact) mass is 371 g/mol. The Hall–Kier alpha value is -2.06. The molecule has 0 saturated heterocycles. The molecule has 0 aliphatic heterocycles. The number of hydrogen-bond acceptors (Lipinski definition) is 4. The van der Waals surface area contributed by atoms with Crippen LogP contribution in [-0.4, -0.2) is 24.6 Å². The molecule has 6 nitrogen and oxygen atoms in total. The van der Waals surface area contributed by atoms with E-state index in [9.17, 15) is 18.3 Å². The topological polar surface area (TPSA) is 104 Å². The smallest absolute Gasteiger partial charge is 0.336 e. The molecule has 0 heterocycles. The molecule has 0 atom stereocenters. The number of carbonyl (C=O) groups is 1. The van der Waals surface area contributed by atoms with Gasteiger partial charge < -0.3 is 10.2 Å². The van der Waals surface area contributed by atoms with Crippen LogP contribution >= 0.6 is 15.9 Å². The molecule has 8 heteroatoms. The van der Waals surface area contributed by atoms with E-state index in [1.54, 1.807) is 0 Å². The number of sulfonamides is 1. The van der Waals surface area contributed by atoms with Crippen LogP contribution in [0.3, 0.4) is 0 Å². The predicted molar refractivity (Wildman–Crippen MR) is 80.0 cm³/mol. The van der Waals surface area contributed by atoms with Gasteiger partial charge in [-0.25, -0.2) is 13.2 Å². The number of rotatable bonds is 4. The molecule has 2 aromatic rings. The van der Waals surface area contributed by atoms with Gasteiger partial charge in [0.25, 0.3) is 10.0 Å². The van der Waals surface area contributed by atoms with E-state index in [2.05, 4.69) is 20.7 Å². The van der Waals surface area contributed by atoms with Crippen LogP contribution in [0.15, 0.2) is 51.8 Å². The molecular weight excluding hydrogens is 362 g/mol. The SMILES string of the molecule is O=C(O)c1cc(S(=O)(=O)Nc2cccc(O)c2)ccc1Br. The molecular formula is C13H10BrNO5S. The molecule has 21 heavy (non-hydrogen) atoms. The van der Waals surface area contributed by atoms with Gasteiger partial charge in [0.2, 0.25) is 0 Å². The number of aromatic carboxylic acids is 1.